The first-order valence-electron chi connectivity index (χ1n) is 9.01. The Morgan fingerprint density at radius 1 is 1.15 bits per heavy atom. The van der Waals surface area contributed by atoms with E-state index in [1.165, 1.54) is 0 Å². The summed E-state index contributed by atoms with van der Waals surface area (Å²) in [5, 5.41) is 0.499. The van der Waals surface area contributed by atoms with Crippen LogP contribution >= 0.6 is 0 Å². The van der Waals surface area contributed by atoms with E-state index in [9.17, 15) is 9.59 Å². The molecule has 0 unspecified atom stereocenters. The number of fused-ring (bicyclic) bond motifs is 1. The predicted octanol–water partition coefficient (Wildman–Crippen LogP) is 4.02. The standard InChI is InChI=1S/C21H22N2O4/c1-3-4-13-26-16-11-9-15(10-12-16)21(25)27-14(2)19-22-18-8-6-5-7-17(18)20(24)23-19/h5-12,14H,3-4,13H2,1-2H3,(H,22,23,24)/t14-/m0/s1. The van der Waals surface area contributed by atoms with Gasteiger partial charge >= 0.3 is 5.97 Å². The number of carbonyl (C=O) groups excluding carboxylic acids is 1. The van der Waals surface area contributed by atoms with E-state index in [1.54, 1.807) is 55.5 Å². The molecule has 1 heterocycles. The number of benzene rings is 2. The SMILES string of the molecule is CCCCOc1ccc(C(=O)O[C@@H](C)c2nc3ccccc3c(=O)[nH]2)cc1. The van der Waals surface area contributed by atoms with Crippen LogP contribution in [0.2, 0.25) is 0 Å². The fourth-order valence-corrected chi connectivity index (χ4v) is 2.60. The van der Waals surface area contributed by atoms with Crippen LogP contribution in [-0.4, -0.2) is 22.5 Å². The van der Waals surface area contributed by atoms with E-state index in [0.717, 1.165) is 12.8 Å². The topological polar surface area (TPSA) is 81.3 Å². The molecule has 0 bridgehead atoms. The largest absolute Gasteiger partial charge is 0.494 e. The zero-order chi connectivity index (χ0) is 19.2. The fourth-order valence-electron chi connectivity index (χ4n) is 2.60. The highest BCUT2D eigenvalue weighted by atomic mass is 16.5. The number of hydrogen-bond donors (Lipinski definition) is 1. The lowest BCUT2D eigenvalue weighted by atomic mass is 10.2. The summed E-state index contributed by atoms with van der Waals surface area (Å²) in [5.41, 5.74) is 0.715. The van der Waals surface area contributed by atoms with Crippen LogP contribution in [-0.2, 0) is 4.74 Å². The van der Waals surface area contributed by atoms with Gasteiger partial charge in [-0.05, 0) is 49.7 Å². The number of carbonyl (C=O) groups is 1. The van der Waals surface area contributed by atoms with Crippen LogP contribution in [0.25, 0.3) is 10.9 Å². The molecule has 2 aromatic carbocycles. The summed E-state index contributed by atoms with van der Waals surface area (Å²) in [4.78, 5) is 31.6. The maximum atomic E-state index is 12.4. The van der Waals surface area contributed by atoms with Crippen molar-refractivity contribution < 1.29 is 14.3 Å². The molecule has 6 nitrogen and oxygen atoms in total. The zero-order valence-electron chi connectivity index (χ0n) is 15.4. The third kappa shape index (κ3) is 4.53. The molecular formula is C21H22N2O4. The molecule has 0 spiro atoms. The van der Waals surface area contributed by atoms with Gasteiger partial charge in [0.1, 0.15) is 5.75 Å². The molecule has 0 aliphatic carbocycles. The smallest absolute Gasteiger partial charge is 0.338 e. The van der Waals surface area contributed by atoms with Crippen LogP contribution in [0.15, 0.2) is 53.3 Å². The molecule has 0 amide bonds. The van der Waals surface area contributed by atoms with Crippen LogP contribution in [0.4, 0.5) is 0 Å². The highest BCUT2D eigenvalue weighted by molar-refractivity contribution is 5.89. The Bertz CT molecular complexity index is 979. The Morgan fingerprint density at radius 3 is 2.63 bits per heavy atom. The number of rotatable bonds is 7. The summed E-state index contributed by atoms with van der Waals surface area (Å²) in [6.45, 7) is 4.42. The normalized spacial score (nSPS) is 11.9. The quantitative estimate of drug-likeness (QED) is 0.504. The summed E-state index contributed by atoms with van der Waals surface area (Å²) in [6, 6.07) is 13.8. The minimum atomic E-state index is -0.685. The molecule has 1 N–H and O–H groups in total. The highest BCUT2D eigenvalue weighted by Crippen LogP contribution is 2.18. The van der Waals surface area contributed by atoms with Gasteiger partial charge in [0.05, 0.1) is 23.1 Å². The van der Waals surface area contributed by atoms with Crippen molar-refractivity contribution >= 4 is 16.9 Å². The third-order valence-corrected chi connectivity index (χ3v) is 4.16. The molecule has 1 aromatic heterocycles. The number of nitrogens with zero attached hydrogens (tertiary/aromatic N) is 1. The molecule has 0 aliphatic rings. The van der Waals surface area contributed by atoms with E-state index in [0.29, 0.717) is 34.6 Å². The number of H-pyrrole nitrogens is 1. The van der Waals surface area contributed by atoms with Crippen LogP contribution in [0, 0.1) is 0 Å². The van der Waals surface area contributed by atoms with Crippen LogP contribution in [0.3, 0.4) is 0 Å². The summed E-state index contributed by atoms with van der Waals surface area (Å²) in [5.74, 6) is 0.540. The van der Waals surface area contributed by atoms with Crippen molar-refractivity contribution in [2.45, 2.75) is 32.8 Å². The van der Waals surface area contributed by atoms with Gasteiger partial charge in [0, 0.05) is 0 Å². The van der Waals surface area contributed by atoms with Gasteiger partial charge < -0.3 is 14.5 Å². The molecule has 0 saturated heterocycles. The number of nitrogens with one attached hydrogen (secondary N) is 1. The average Bonchev–Trinajstić information content (AvgIpc) is 2.68. The Morgan fingerprint density at radius 2 is 1.89 bits per heavy atom. The number of esters is 1. The molecule has 0 aliphatic heterocycles. The monoisotopic (exact) mass is 366 g/mol. The van der Waals surface area contributed by atoms with Crippen LogP contribution in [0.5, 0.6) is 5.75 Å². The maximum Gasteiger partial charge on any atom is 0.338 e. The number of ether oxygens (including phenoxy) is 2. The molecule has 27 heavy (non-hydrogen) atoms. The summed E-state index contributed by atoms with van der Waals surface area (Å²) >= 11 is 0. The van der Waals surface area contributed by atoms with E-state index in [1.807, 2.05) is 0 Å². The Kier molecular flexibility index (Phi) is 5.86. The molecule has 0 saturated carbocycles. The summed E-state index contributed by atoms with van der Waals surface area (Å²) in [6.07, 6.45) is 1.36. The van der Waals surface area contributed by atoms with E-state index in [2.05, 4.69) is 16.9 Å². The first-order valence-corrected chi connectivity index (χ1v) is 9.01. The van der Waals surface area contributed by atoms with Crippen molar-refractivity contribution in [2.75, 3.05) is 6.61 Å². The molecule has 3 aromatic rings. The molecule has 0 radical (unpaired) electrons. The molecular weight excluding hydrogens is 344 g/mol. The van der Waals surface area contributed by atoms with Gasteiger partial charge in [-0.1, -0.05) is 25.5 Å². The second-order valence-corrected chi connectivity index (χ2v) is 6.24. The Labute approximate surface area is 157 Å². The number of aromatic amines is 1. The van der Waals surface area contributed by atoms with E-state index in [-0.39, 0.29) is 5.56 Å². The summed E-state index contributed by atoms with van der Waals surface area (Å²) < 4.78 is 11.0. The molecule has 3 rings (SSSR count). The summed E-state index contributed by atoms with van der Waals surface area (Å²) in [7, 11) is 0. The molecule has 0 fully saturated rings. The Balaban J connectivity index is 1.69. The van der Waals surface area contributed by atoms with Gasteiger partial charge in [0.15, 0.2) is 11.9 Å². The zero-order valence-corrected chi connectivity index (χ0v) is 15.4. The van der Waals surface area contributed by atoms with E-state index in [4.69, 9.17) is 9.47 Å². The lowest BCUT2D eigenvalue weighted by Crippen LogP contribution is -2.17. The van der Waals surface area contributed by atoms with Crippen molar-refractivity contribution in [3.63, 3.8) is 0 Å². The van der Waals surface area contributed by atoms with Gasteiger partial charge in [-0.3, -0.25) is 4.79 Å². The van der Waals surface area contributed by atoms with Crippen LogP contribution in [0.1, 0.15) is 49.0 Å². The van der Waals surface area contributed by atoms with Crippen molar-refractivity contribution in [1.82, 2.24) is 9.97 Å². The van der Waals surface area contributed by atoms with E-state index >= 15 is 0 Å². The van der Waals surface area contributed by atoms with Gasteiger partial charge in [-0.2, -0.15) is 0 Å². The van der Waals surface area contributed by atoms with Gasteiger partial charge in [-0.25, -0.2) is 9.78 Å². The van der Waals surface area contributed by atoms with Crippen molar-refractivity contribution in [3.05, 3.63) is 70.3 Å². The van der Waals surface area contributed by atoms with Gasteiger partial charge in [0.25, 0.3) is 5.56 Å². The molecule has 1 atom stereocenters. The number of para-hydroxylation sites is 1. The van der Waals surface area contributed by atoms with Crippen molar-refractivity contribution in [3.8, 4) is 5.75 Å². The second-order valence-electron chi connectivity index (χ2n) is 6.24. The van der Waals surface area contributed by atoms with Gasteiger partial charge in [-0.15, -0.1) is 0 Å². The maximum absolute atomic E-state index is 12.4. The number of hydrogen-bond acceptors (Lipinski definition) is 5. The van der Waals surface area contributed by atoms with Gasteiger partial charge in [0.2, 0.25) is 0 Å². The first-order chi connectivity index (χ1) is 13.1. The number of unbranched alkanes of at least 4 members (excludes halogenated alkanes) is 1. The van der Waals surface area contributed by atoms with Crippen molar-refractivity contribution in [2.24, 2.45) is 0 Å². The van der Waals surface area contributed by atoms with Crippen LogP contribution < -0.4 is 10.3 Å². The lowest BCUT2D eigenvalue weighted by molar-refractivity contribution is 0.0320. The average molecular weight is 366 g/mol. The molecule has 6 heteroatoms. The number of aromatic nitrogens is 2. The lowest BCUT2D eigenvalue weighted by Gasteiger charge is -2.13. The molecule has 140 valence electrons. The fraction of sp³-hybridized carbons (Fsp3) is 0.286. The second kappa shape index (κ2) is 8.49. The highest BCUT2D eigenvalue weighted by Gasteiger charge is 2.17. The first kappa shape index (κ1) is 18.6. The predicted molar refractivity (Wildman–Crippen MR) is 103 cm³/mol. The van der Waals surface area contributed by atoms with Crippen molar-refractivity contribution in [1.29, 1.82) is 0 Å². The third-order valence-electron chi connectivity index (χ3n) is 4.16. The minimum absolute atomic E-state index is 0.257. The minimum Gasteiger partial charge on any atom is -0.494 e. The van der Waals surface area contributed by atoms with E-state index < -0.39 is 12.1 Å². The Hall–Kier alpha value is -3.15.